The summed E-state index contributed by atoms with van der Waals surface area (Å²) in [6.45, 7) is 6.20. The van der Waals surface area contributed by atoms with Gasteiger partial charge in [0.15, 0.2) is 5.54 Å². The van der Waals surface area contributed by atoms with Gasteiger partial charge in [0.25, 0.3) is 0 Å². The van der Waals surface area contributed by atoms with Gasteiger partial charge in [0.1, 0.15) is 6.61 Å². The topological polar surface area (TPSA) is 38.7 Å². The van der Waals surface area contributed by atoms with E-state index in [1.54, 1.807) is 0 Å². The number of ether oxygens (including phenoxy) is 1. The Morgan fingerprint density at radius 3 is 1.57 bits per heavy atom. The van der Waals surface area contributed by atoms with E-state index in [1.165, 1.54) is 0 Å². The summed E-state index contributed by atoms with van der Waals surface area (Å²) in [6.07, 6.45) is 0. The number of nitrogens with zero attached hydrogens (tertiary/aromatic N) is 1. The largest absolute Gasteiger partial charge is 0.459 e. The van der Waals surface area contributed by atoms with E-state index in [0.29, 0.717) is 0 Å². The molecule has 1 unspecified atom stereocenters. The maximum atomic E-state index is 13.9. The molecule has 1 atom stereocenters. The molecule has 4 aromatic carbocycles. The van der Waals surface area contributed by atoms with E-state index in [9.17, 15) is 4.79 Å². The van der Waals surface area contributed by atoms with Crippen molar-refractivity contribution in [2.45, 2.75) is 38.3 Å². The number of esters is 1. The predicted molar refractivity (Wildman–Crippen MR) is 143 cm³/mol. The zero-order valence-corrected chi connectivity index (χ0v) is 20.5. The van der Waals surface area contributed by atoms with Crippen molar-refractivity contribution < 1.29 is 9.53 Å². The highest BCUT2D eigenvalue weighted by atomic mass is 16.5. The molecule has 0 amide bonds. The van der Waals surface area contributed by atoms with Gasteiger partial charge in [0, 0.05) is 16.5 Å². The van der Waals surface area contributed by atoms with Crippen LogP contribution < -0.4 is 0 Å². The van der Waals surface area contributed by atoms with Crippen LogP contribution >= 0.6 is 0 Å². The van der Waals surface area contributed by atoms with Crippen LogP contribution in [0, 0.1) is 0 Å². The molecule has 0 radical (unpaired) electrons. The number of carbonyl (C=O) groups is 1. The molecule has 176 valence electrons. The number of benzene rings is 4. The summed E-state index contributed by atoms with van der Waals surface area (Å²) in [6, 6.07) is 39.8. The zero-order valence-electron chi connectivity index (χ0n) is 20.5. The maximum Gasteiger partial charge on any atom is 0.334 e. The van der Waals surface area contributed by atoms with Crippen molar-refractivity contribution in [3.05, 3.63) is 144 Å². The van der Waals surface area contributed by atoms with Gasteiger partial charge in [-0.1, -0.05) is 135 Å². The van der Waals surface area contributed by atoms with Gasteiger partial charge >= 0.3 is 5.97 Å². The number of rotatable bonds is 8. The first-order chi connectivity index (χ1) is 16.9. The Hall–Kier alpha value is -3.98. The molecule has 3 heteroatoms. The Labute approximate surface area is 208 Å². The van der Waals surface area contributed by atoms with Crippen LogP contribution in [0.3, 0.4) is 0 Å². The minimum atomic E-state index is -1.20. The molecular formula is C32H31NO2. The molecule has 0 heterocycles. The van der Waals surface area contributed by atoms with Crippen LogP contribution in [0.25, 0.3) is 0 Å². The minimum Gasteiger partial charge on any atom is -0.459 e. The molecule has 4 aromatic rings. The van der Waals surface area contributed by atoms with Crippen molar-refractivity contribution in [1.29, 1.82) is 0 Å². The van der Waals surface area contributed by atoms with Gasteiger partial charge in [-0.25, -0.2) is 4.79 Å². The van der Waals surface area contributed by atoms with Crippen molar-refractivity contribution in [3.8, 4) is 0 Å². The van der Waals surface area contributed by atoms with Gasteiger partial charge in [-0.2, -0.15) is 0 Å². The van der Waals surface area contributed by atoms with Gasteiger partial charge in [0.2, 0.25) is 0 Å². The first kappa shape index (κ1) is 24.2. The highest BCUT2D eigenvalue weighted by Crippen LogP contribution is 2.40. The molecule has 0 aliphatic rings. The average molecular weight is 462 g/mol. The van der Waals surface area contributed by atoms with Gasteiger partial charge in [-0.05, 0) is 18.1 Å². The molecule has 0 aromatic heterocycles. The molecule has 0 aliphatic carbocycles. The molecule has 0 N–H and O–H groups in total. The molecule has 35 heavy (non-hydrogen) atoms. The lowest BCUT2D eigenvalue weighted by molar-refractivity contribution is -0.153. The summed E-state index contributed by atoms with van der Waals surface area (Å²) in [4.78, 5) is 19.2. The Bertz CT molecular complexity index is 1220. The van der Waals surface area contributed by atoms with Crippen molar-refractivity contribution >= 4 is 11.7 Å². The van der Waals surface area contributed by atoms with Crippen molar-refractivity contribution in [2.24, 2.45) is 4.99 Å². The van der Waals surface area contributed by atoms with E-state index in [2.05, 4.69) is 13.8 Å². The van der Waals surface area contributed by atoms with E-state index in [4.69, 9.17) is 9.73 Å². The average Bonchev–Trinajstić information content (AvgIpc) is 2.92. The molecule has 0 spiro atoms. The highest BCUT2D eigenvalue weighted by molar-refractivity contribution is 6.14. The second-order valence-corrected chi connectivity index (χ2v) is 9.32. The summed E-state index contributed by atoms with van der Waals surface area (Å²) < 4.78 is 5.93. The first-order valence-corrected chi connectivity index (χ1v) is 11.9. The van der Waals surface area contributed by atoms with Crippen molar-refractivity contribution in [1.82, 2.24) is 0 Å². The number of hydrogen-bond donors (Lipinski definition) is 0. The molecule has 4 rings (SSSR count). The fourth-order valence-electron chi connectivity index (χ4n) is 4.15. The monoisotopic (exact) mass is 461 g/mol. The third-order valence-electron chi connectivity index (χ3n) is 6.75. The lowest BCUT2D eigenvalue weighted by Crippen LogP contribution is -2.51. The normalized spacial score (nSPS) is 12.9. The lowest BCUT2D eigenvalue weighted by Gasteiger charge is -2.40. The number of carbonyl (C=O) groups excluding carboxylic acids is 1. The lowest BCUT2D eigenvalue weighted by atomic mass is 9.68. The molecule has 0 saturated carbocycles. The summed E-state index contributed by atoms with van der Waals surface area (Å²) in [5.41, 5.74) is 2.75. The van der Waals surface area contributed by atoms with Gasteiger partial charge in [-0.15, -0.1) is 0 Å². The maximum absolute atomic E-state index is 13.9. The Morgan fingerprint density at radius 1 is 0.657 bits per heavy atom. The summed E-state index contributed by atoms with van der Waals surface area (Å²) in [5.74, 6) is -0.362. The summed E-state index contributed by atoms with van der Waals surface area (Å²) in [7, 11) is 0. The van der Waals surface area contributed by atoms with E-state index < -0.39 is 11.0 Å². The standard InChI is InChI=1S/C32H31NO2/c1-31(2,28-22-14-7-15-23-28)32(3,30(34)35-24-25-16-8-4-9-17-25)33-29(26-18-10-5-11-19-26)27-20-12-6-13-21-27/h4-23H,24H2,1-3H3. The summed E-state index contributed by atoms with van der Waals surface area (Å²) >= 11 is 0. The quantitative estimate of drug-likeness (QED) is 0.209. The summed E-state index contributed by atoms with van der Waals surface area (Å²) in [5, 5.41) is 0. The molecule has 0 bridgehead atoms. The molecule has 0 saturated heterocycles. The second-order valence-electron chi connectivity index (χ2n) is 9.32. The number of hydrogen-bond acceptors (Lipinski definition) is 3. The van der Waals surface area contributed by atoms with Crippen molar-refractivity contribution in [3.63, 3.8) is 0 Å². The van der Waals surface area contributed by atoms with Gasteiger partial charge < -0.3 is 4.74 Å². The predicted octanol–water partition coefficient (Wildman–Crippen LogP) is 7.00. The Balaban J connectivity index is 1.85. The van der Waals surface area contributed by atoms with Crippen LogP contribution in [-0.2, 0) is 21.6 Å². The molecule has 3 nitrogen and oxygen atoms in total. The Kier molecular flexibility index (Phi) is 7.26. The molecule has 0 fully saturated rings. The van der Waals surface area contributed by atoms with E-state index in [0.717, 1.165) is 28.0 Å². The van der Waals surface area contributed by atoms with Crippen LogP contribution in [0.1, 0.15) is 43.0 Å². The smallest absolute Gasteiger partial charge is 0.334 e. The Morgan fingerprint density at radius 2 is 1.09 bits per heavy atom. The first-order valence-electron chi connectivity index (χ1n) is 11.9. The fourth-order valence-corrected chi connectivity index (χ4v) is 4.15. The number of aliphatic imine (C=N–C) groups is 1. The van der Waals surface area contributed by atoms with Crippen LogP contribution in [0.15, 0.2) is 126 Å². The van der Waals surface area contributed by atoms with Crippen LogP contribution in [0.5, 0.6) is 0 Å². The van der Waals surface area contributed by atoms with Gasteiger partial charge in [0.05, 0.1) is 5.71 Å². The van der Waals surface area contributed by atoms with E-state index in [-0.39, 0.29) is 12.6 Å². The fraction of sp³-hybridized carbons (Fsp3) is 0.188. The second kappa shape index (κ2) is 10.5. The van der Waals surface area contributed by atoms with E-state index in [1.807, 2.05) is 128 Å². The molecular weight excluding hydrogens is 430 g/mol. The van der Waals surface area contributed by atoms with Crippen molar-refractivity contribution in [2.75, 3.05) is 0 Å². The minimum absolute atomic E-state index is 0.196. The van der Waals surface area contributed by atoms with E-state index >= 15 is 0 Å². The SMILES string of the molecule is CC(N=C(c1ccccc1)c1ccccc1)(C(=O)OCc1ccccc1)C(C)(C)c1ccccc1. The van der Waals surface area contributed by atoms with Crippen LogP contribution in [0.2, 0.25) is 0 Å². The highest BCUT2D eigenvalue weighted by Gasteiger charge is 2.50. The van der Waals surface area contributed by atoms with Crippen LogP contribution in [-0.4, -0.2) is 17.2 Å². The third-order valence-corrected chi connectivity index (χ3v) is 6.75. The van der Waals surface area contributed by atoms with Gasteiger partial charge in [-0.3, -0.25) is 4.99 Å². The molecule has 0 aliphatic heterocycles. The zero-order chi connectivity index (χ0) is 24.7. The third kappa shape index (κ3) is 5.25. The van der Waals surface area contributed by atoms with Crippen LogP contribution in [0.4, 0.5) is 0 Å².